The molecule has 2 aliphatic rings. The topological polar surface area (TPSA) is 53.4 Å². The molecule has 170 valence electrons. The summed E-state index contributed by atoms with van der Waals surface area (Å²) < 4.78 is 2.04. The largest absolute Gasteiger partial charge is 0.368 e. The first-order chi connectivity index (χ1) is 15.2. The molecule has 2 saturated heterocycles. The molecule has 1 N–H and O–H groups in total. The molecule has 0 atom stereocenters. The third-order valence-corrected chi connectivity index (χ3v) is 7.16. The van der Waals surface area contributed by atoms with Crippen LogP contribution in [-0.4, -0.2) is 66.1 Å². The lowest BCUT2D eigenvalue weighted by molar-refractivity contribution is -0.136. The minimum atomic E-state index is 0. The monoisotopic (exact) mass is 471 g/mol. The molecule has 6 nitrogen and oxygen atoms in total. The van der Waals surface area contributed by atoms with Crippen LogP contribution in [0, 0.1) is 5.92 Å². The predicted octanol–water partition coefficient (Wildman–Crippen LogP) is 3.82. The number of thioether (sulfide) groups is 1. The molecule has 0 bridgehead atoms. The second-order valence-electron chi connectivity index (χ2n) is 8.29. The van der Waals surface area contributed by atoms with Gasteiger partial charge >= 0.3 is 0 Å². The van der Waals surface area contributed by atoms with Crippen molar-refractivity contribution < 1.29 is 4.79 Å². The second kappa shape index (κ2) is 10.1. The predicted molar refractivity (Wildman–Crippen MR) is 134 cm³/mol. The van der Waals surface area contributed by atoms with Gasteiger partial charge in [-0.15, -0.1) is 24.2 Å². The highest BCUT2D eigenvalue weighted by Crippen LogP contribution is 2.31. The smallest absolute Gasteiger partial charge is 0.225 e. The summed E-state index contributed by atoms with van der Waals surface area (Å²) in [5.41, 5.74) is 3.40. The molecule has 0 unspecified atom stereocenters. The van der Waals surface area contributed by atoms with E-state index in [-0.39, 0.29) is 18.3 Å². The zero-order valence-electron chi connectivity index (χ0n) is 18.4. The molecule has 2 fully saturated rings. The number of hydrogen-bond acceptors (Lipinski definition) is 5. The van der Waals surface area contributed by atoms with Crippen LogP contribution < -0.4 is 10.2 Å². The van der Waals surface area contributed by atoms with Gasteiger partial charge < -0.3 is 15.1 Å². The summed E-state index contributed by atoms with van der Waals surface area (Å²) in [5, 5.41) is 10.4. The number of hydrogen-bond donors (Lipinski definition) is 1. The van der Waals surface area contributed by atoms with Crippen molar-refractivity contribution in [3.8, 4) is 5.69 Å². The van der Waals surface area contributed by atoms with Gasteiger partial charge in [-0.1, -0.05) is 18.2 Å². The summed E-state index contributed by atoms with van der Waals surface area (Å²) >= 11 is 1.68. The number of carbonyl (C=O) groups is 1. The molecular weight excluding hydrogens is 442 g/mol. The van der Waals surface area contributed by atoms with Gasteiger partial charge in [-0.2, -0.15) is 5.10 Å². The molecule has 2 aromatic carbocycles. The number of anilines is 1. The highest BCUT2D eigenvalue weighted by molar-refractivity contribution is 7.98. The minimum absolute atomic E-state index is 0. The van der Waals surface area contributed by atoms with E-state index in [2.05, 4.69) is 51.7 Å². The number of nitrogens with one attached hydrogen (secondary N) is 1. The van der Waals surface area contributed by atoms with Gasteiger partial charge in [-0.25, -0.2) is 4.68 Å². The van der Waals surface area contributed by atoms with Crippen LogP contribution in [0.2, 0.25) is 0 Å². The van der Waals surface area contributed by atoms with Gasteiger partial charge in [-0.05, 0) is 62.5 Å². The lowest BCUT2D eigenvalue weighted by Gasteiger charge is -2.38. The number of piperidine rings is 1. The van der Waals surface area contributed by atoms with E-state index >= 15 is 0 Å². The van der Waals surface area contributed by atoms with E-state index in [0.29, 0.717) is 5.91 Å². The van der Waals surface area contributed by atoms with E-state index in [1.54, 1.807) is 11.8 Å². The fourth-order valence-corrected chi connectivity index (χ4v) is 5.26. The Morgan fingerprint density at radius 2 is 1.72 bits per heavy atom. The molecule has 8 heteroatoms. The van der Waals surface area contributed by atoms with Gasteiger partial charge in [0, 0.05) is 43.2 Å². The van der Waals surface area contributed by atoms with Crippen LogP contribution in [0.3, 0.4) is 0 Å². The molecule has 32 heavy (non-hydrogen) atoms. The van der Waals surface area contributed by atoms with E-state index in [1.165, 1.54) is 11.1 Å². The fraction of sp³-hybridized carbons (Fsp3) is 0.417. The number of para-hydroxylation sites is 1. The second-order valence-corrected chi connectivity index (χ2v) is 9.09. The lowest BCUT2D eigenvalue weighted by atomic mass is 9.96. The molecular formula is C24H30ClN5OS. The summed E-state index contributed by atoms with van der Waals surface area (Å²) in [5.74, 6) is 0.553. The van der Waals surface area contributed by atoms with Crippen LogP contribution in [-0.2, 0) is 4.79 Å². The molecule has 1 aromatic heterocycles. The first-order valence-electron chi connectivity index (χ1n) is 11.1. The van der Waals surface area contributed by atoms with E-state index < -0.39 is 0 Å². The number of amides is 1. The van der Waals surface area contributed by atoms with Gasteiger partial charge in [0.2, 0.25) is 5.91 Å². The molecule has 3 aromatic rings. The van der Waals surface area contributed by atoms with Crippen molar-refractivity contribution in [2.45, 2.75) is 17.9 Å². The van der Waals surface area contributed by atoms with Crippen LogP contribution in [0.1, 0.15) is 12.8 Å². The highest BCUT2D eigenvalue weighted by atomic mass is 35.5. The normalized spacial score (nSPS) is 17.4. The summed E-state index contributed by atoms with van der Waals surface area (Å²) in [7, 11) is 0. The third kappa shape index (κ3) is 4.47. The minimum Gasteiger partial charge on any atom is -0.368 e. The number of piperazine rings is 1. The average molecular weight is 472 g/mol. The number of nitrogens with zero attached hydrogens (tertiary/aromatic N) is 4. The van der Waals surface area contributed by atoms with Crippen LogP contribution in [0.5, 0.6) is 0 Å². The summed E-state index contributed by atoms with van der Waals surface area (Å²) in [4.78, 5) is 17.3. The van der Waals surface area contributed by atoms with E-state index in [1.807, 2.05) is 22.9 Å². The average Bonchev–Trinajstić information content (AvgIpc) is 3.23. The van der Waals surface area contributed by atoms with Crippen molar-refractivity contribution in [3.63, 3.8) is 0 Å². The van der Waals surface area contributed by atoms with E-state index in [9.17, 15) is 4.79 Å². The van der Waals surface area contributed by atoms with Crippen molar-refractivity contribution in [2.75, 3.05) is 50.4 Å². The van der Waals surface area contributed by atoms with Gasteiger partial charge in [0.1, 0.15) is 5.03 Å². The van der Waals surface area contributed by atoms with Gasteiger partial charge in [-0.3, -0.25) is 4.79 Å². The fourth-order valence-electron chi connectivity index (χ4n) is 4.70. The zero-order valence-corrected chi connectivity index (χ0v) is 20.0. The number of carbonyl (C=O) groups excluding carboxylic acids is 1. The number of benzene rings is 2. The Balaban J connectivity index is 0.00000245. The molecule has 3 heterocycles. The molecule has 0 aliphatic carbocycles. The first kappa shape index (κ1) is 23.0. The Labute approximate surface area is 199 Å². The number of rotatable bonds is 4. The van der Waals surface area contributed by atoms with Crippen molar-refractivity contribution in [1.82, 2.24) is 20.0 Å². The zero-order chi connectivity index (χ0) is 21.2. The molecule has 0 saturated carbocycles. The third-order valence-electron chi connectivity index (χ3n) is 6.47. The number of fused-ring (bicyclic) bond motifs is 1. The Bertz CT molecular complexity index is 1060. The maximum Gasteiger partial charge on any atom is 0.225 e. The van der Waals surface area contributed by atoms with Crippen LogP contribution in [0.4, 0.5) is 5.69 Å². The summed E-state index contributed by atoms with van der Waals surface area (Å²) in [6, 6.07) is 16.9. The standard InChI is InChI=1S/C24H29N5OS.ClH/c1-31-23-21-8-7-20(17-22(21)29(26-23)19-5-3-2-4-6-19)27-13-15-28(16-14-27)24(30)18-9-11-25-12-10-18;/h2-8,17-18,25H,9-16H2,1H3;1H. The molecule has 5 rings (SSSR count). The molecule has 0 radical (unpaired) electrons. The highest BCUT2D eigenvalue weighted by Gasteiger charge is 2.28. The molecule has 0 spiro atoms. The molecule has 1 amide bonds. The van der Waals surface area contributed by atoms with Crippen LogP contribution in [0.15, 0.2) is 53.6 Å². The maximum absolute atomic E-state index is 12.9. The van der Waals surface area contributed by atoms with Gasteiger partial charge in [0.05, 0.1) is 11.2 Å². The quantitative estimate of drug-likeness (QED) is 0.586. The Kier molecular flexibility index (Phi) is 7.28. The Hall–Kier alpha value is -2.22. The Morgan fingerprint density at radius 1 is 1.00 bits per heavy atom. The van der Waals surface area contributed by atoms with E-state index in [0.717, 1.165) is 68.3 Å². The van der Waals surface area contributed by atoms with Gasteiger partial charge in [0.15, 0.2) is 0 Å². The Morgan fingerprint density at radius 3 is 2.41 bits per heavy atom. The van der Waals surface area contributed by atoms with Crippen molar-refractivity contribution in [2.24, 2.45) is 5.92 Å². The van der Waals surface area contributed by atoms with Crippen molar-refractivity contribution >= 4 is 46.7 Å². The summed E-state index contributed by atoms with van der Waals surface area (Å²) in [6.45, 7) is 5.27. The van der Waals surface area contributed by atoms with E-state index in [4.69, 9.17) is 5.10 Å². The van der Waals surface area contributed by atoms with Crippen molar-refractivity contribution in [1.29, 1.82) is 0 Å². The van der Waals surface area contributed by atoms with Crippen molar-refractivity contribution in [3.05, 3.63) is 48.5 Å². The number of halogens is 1. The molecule has 2 aliphatic heterocycles. The SMILES string of the molecule is CSc1nn(-c2ccccc2)c2cc(N3CCN(C(=O)C4CCNCC4)CC3)ccc12.Cl. The van der Waals surface area contributed by atoms with Crippen LogP contribution >= 0.6 is 24.2 Å². The number of aromatic nitrogens is 2. The summed E-state index contributed by atoms with van der Waals surface area (Å²) in [6.07, 6.45) is 4.01. The van der Waals surface area contributed by atoms with Gasteiger partial charge in [0.25, 0.3) is 0 Å². The van der Waals surface area contributed by atoms with Crippen LogP contribution in [0.25, 0.3) is 16.6 Å². The lowest BCUT2D eigenvalue weighted by Crippen LogP contribution is -2.51. The first-order valence-corrected chi connectivity index (χ1v) is 12.3. The maximum atomic E-state index is 12.9.